The molecule has 0 unspecified atom stereocenters. The van der Waals surface area contributed by atoms with E-state index in [1.165, 1.54) is 95.8 Å². The summed E-state index contributed by atoms with van der Waals surface area (Å²) in [5.41, 5.74) is 7.27. The molecule has 6 heterocycles. The van der Waals surface area contributed by atoms with E-state index in [4.69, 9.17) is 11.4 Å². The first-order valence-corrected chi connectivity index (χ1v) is 23.9. The summed E-state index contributed by atoms with van der Waals surface area (Å²) in [4.78, 5) is 6.52. The van der Waals surface area contributed by atoms with Crippen LogP contribution < -0.4 is 73.9 Å². The molecule has 0 aliphatic carbocycles. The van der Waals surface area contributed by atoms with E-state index in [-0.39, 0.29) is 68.9 Å². The second-order valence-corrected chi connectivity index (χ2v) is 20.7. The Morgan fingerprint density at radius 1 is 0.452 bits per heavy atom. The Bertz CT molecular complexity index is 4280. The van der Waals surface area contributed by atoms with Crippen molar-refractivity contribution in [1.82, 2.24) is 4.98 Å². The molecule has 1 nitrogen and oxygen atoms in total. The summed E-state index contributed by atoms with van der Waals surface area (Å²) in [7, 11) is 0. The number of nitrogens with zero attached hydrogens (tertiary/aromatic N) is 1. The zero-order valence-electron chi connectivity index (χ0n) is 33.3. The van der Waals surface area contributed by atoms with Crippen LogP contribution in [-0.2, 0) is 0 Å². The Kier molecular flexibility index (Phi) is 9.62. The van der Waals surface area contributed by atoms with Gasteiger partial charge in [-0.05, 0) is 89.2 Å². The van der Waals surface area contributed by atoms with Crippen LogP contribution in [0.5, 0.6) is 0 Å². The molecule has 6 aromatic heterocycles. The Morgan fingerprint density at radius 3 is 1.60 bits per heavy atom. The SMILES string of the molecule is C#C/C=C\c1c(C)sc2c1sc1cc(C#Cc3ccc4c(c3)sc3c4ccc4c3ccc3c5ccc(C#Cc6ccc7c(c6)sc6c8ccccc8sc76)cc5[n-]c34)ccc12.[Cs+]. The van der Waals surface area contributed by atoms with E-state index in [2.05, 4.69) is 164 Å². The quantitative estimate of drug-likeness (QED) is 0.150. The molecule has 0 aliphatic heterocycles. The standard InChI is InChI=1S/C55H26NS5.Cs/c1-3-4-7-35-30(2)57-53-43-20-16-34(28-48(43)60-52(35)53)13-12-32-15-19-37-40-24-23-39-41(51(40)59-47(37)27-32)25-22-38-36-18-14-31(26-45(36)56-50(38)39)10-11-33-17-21-44-49(29-33)61-54-42-8-5-6-9-46(42)58-55(44)54;/h1,4-9,14-29H,2H3;/q-1;+1/b7-4-;. The van der Waals surface area contributed by atoms with Crippen LogP contribution in [0.4, 0.5) is 0 Å². The molecule has 0 amide bonds. The summed E-state index contributed by atoms with van der Waals surface area (Å²) in [6.07, 6.45) is 9.36. The number of benzene rings is 7. The molecule has 0 fully saturated rings. The van der Waals surface area contributed by atoms with E-state index in [1.54, 1.807) is 6.08 Å². The fraction of sp³-hybridized carbons (Fsp3) is 0.0182. The minimum absolute atomic E-state index is 0. The maximum Gasteiger partial charge on any atom is 1.00 e. The molecular weight excluding hydrogens is 968 g/mol. The van der Waals surface area contributed by atoms with Crippen LogP contribution in [0, 0.1) is 42.9 Å². The summed E-state index contributed by atoms with van der Waals surface area (Å²) >= 11 is 9.24. The number of hydrogen-bond donors (Lipinski definition) is 0. The van der Waals surface area contributed by atoms with Gasteiger partial charge in [0, 0.05) is 83.1 Å². The number of aromatic nitrogens is 1. The van der Waals surface area contributed by atoms with Gasteiger partial charge in [0.25, 0.3) is 0 Å². The largest absolute Gasteiger partial charge is 1.00 e. The molecule has 7 heteroatoms. The van der Waals surface area contributed by atoms with Gasteiger partial charge in [-0.2, -0.15) is 0 Å². The van der Waals surface area contributed by atoms with Gasteiger partial charge >= 0.3 is 68.9 Å². The number of fused-ring (bicyclic) bond motifs is 17. The van der Waals surface area contributed by atoms with Gasteiger partial charge < -0.3 is 4.98 Å². The topological polar surface area (TPSA) is 14.1 Å². The van der Waals surface area contributed by atoms with Crippen molar-refractivity contribution in [2.45, 2.75) is 6.92 Å². The average Bonchev–Trinajstić information content (AvgIpc) is 4.13. The van der Waals surface area contributed by atoms with E-state index in [0.29, 0.717) is 0 Å². The minimum atomic E-state index is 0. The molecule has 0 saturated carbocycles. The van der Waals surface area contributed by atoms with Crippen molar-refractivity contribution < 1.29 is 68.9 Å². The molecule has 0 atom stereocenters. The molecule has 0 spiro atoms. The van der Waals surface area contributed by atoms with Crippen molar-refractivity contribution in [3.63, 3.8) is 0 Å². The minimum Gasteiger partial charge on any atom is -0.656 e. The Hall–Kier alpha value is -4.61. The van der Waals surface area contributed by atoms with E-state index in [1.807, 2.05) is 56.7 Å². The molecule has 62 heavy (non-hydrogen) atoms. The fourth-order valence-electron chi connectivity index (χ4n) is 8.78. The van der Waals surface area contributed by atoms with Crippen LogP contribution in [-0.4, -0.2) is 0 Å². The smallest absolute Gasteiger partial charge is 0.656 e. The summed E-state index contributed by atoms with van der Waals surface area (Å²) in [6.45, 7) is 2.16. The number of terminal acetylenes is 1. The van der Waals surface area contributed by atoms with Gasteiger partial charge in [0.15, 0.2) is 0 Å². The zero-order valence-corrected chi connectivity index (χ0v) is 43.6. The summed E-state index contributed by atoms with van der Waals surface area (Å²) in [6, 6.07) is 44.0. The fourth-order valence-corrected chi connectivity index (χ4v) is 15.4. The predicted octanol–water partition coefficient (Wildman–Crippen LogP) is 13.2. The Balaban J connectivity index is 0.00000410. The monoisotopic (exact) mass is 993 g/mol. The van der Waals surface area contributed by atoms with E-state index in [0.717, 1.165) is 38.7 Å². The molecule has 0 N–H and O–H groups in total. The van der Waals surface area contributed by atoms with Crippen molar-refractivity contribution >= 4 is 165 Å². The van der Waals surface area contributed by atoms with Crippen LogP contribution in [0.1, 0.15) is 32.7 Å². The van der Waals surface area contributed by atoms with Gasteiger partial charge in [0.2, 0.25) is 0 Å². The van der Waals surface area contributed by atoms with Crippen molar-refractivity contribution in [3.05, 3.63) is 160 Å². The first kappa shape index (κ1) is 39.0. The normalized spacial score (nSPS) is 11.8. The molecule has 0 radical (unpaired) electrons. The maximum atomic E-state index is 5.51. The molecular formula is C55H26CsNS5. The number of hydrogen-bond acceptors (Lipinski definition) is 5. The number of thiophene rings is 5. The molecule has 0 aliphatic rings. The summed E-state index contributed by atoms with van der Waals surface area (Å²) < 4.78 is 11.8. The van der Waals surface area contributed by atoms with Gasteiger partial charge in [-0.15, -0.1) is 74.1 Å². The predicted molar refractivity (Wildman–Crippen MR) is 272 cm³/mol. The van der Waals surface area contributed by atoms with E-state index < -0.39 is 0 Å². The number of aryl methyl sites for hydroxylation is 1. The van der Waals surface area contributed by atoms with Crippen LogP contribution in [0.3, 0.4) is 0 Å². The molecule has 13 rings (SSSR count). The first-order chi connectivity index (χ1) is 30.0. The first-order valence-electron chi connectivity index (χ1n) is 19.8. The zero-order chi connectivity index (χ0) is 40.3. The number of allylic oxidation sites excluding steroid dienone is 1. The van der Waals surface area contributed by atoms with Crippen LogP contribution in [0.2, 0.25) is 0 Å². The van der Waals surface area contributed by atoms with Crippen molar-refractivity contribution in [3.8, 4) is 36.0 Å². The van der Waals surface area contributed by atoms with Crippen LogP contribution >= 0.6 is 56.7 Å². The van der Waals surface area contributed by atoms with Crippen molar-refractivity contribution in [2.75, 3.05) is 0 Å². The number of rotatable bonds is 1. The third-order valence-electron chi connectivity index (χ3n) is 11.7. The van der Waals surface area contributed by atoms with E-state index >= 15 is 0 Å². The van der Waals surface area contributed by atoms with Crippen LogP contribution in [0.15, 0.2) is 127 Å². The van der Waals surface area contributed by atoms with Gasteiger partial charge in [0.1, 0.15) is 0 Å². The molecule has 0 saturated heterocycles. The van der Waals surface area contributed by atoms with E-state index in [9.17, 15) is 0 Å². The molecule has 7 aromatic carbocycles. The molecule has 13 aromatic rings. The van der Waals surface area contributed by atoms with Crippen molar-refractivity contribution in [2.24, 2.45) is 0 Å². The van der Waals surface area contributed by atoms with Gasteiger partial charge in [-0.1, -0.05) is 102 Å². The molecule has 282 valence electrons. The maximum absolute atomic E-state index is 5.51. The molecule has 0 bridgehead atoms. The third kappa shape index (κ3) is 6.21. The third-order valence-corrected chi connectivity index (χ3v) is 17.9. The Labute approximate surface area is 435 Å². The Morgan fingerprint density at radius 2 is 0.919 bits per heavy atom. The van der Waals surface area contributed by atoms with Crippen LogP contribution in [0.25, 0.3) is 108 Å². The summed E-state index contributed by atoms with van der Waals surface area (Å²) in [5, 5.41) is 11.2. The van der Waals surface area contributed by atoms with Gasteiger partial charge in [0.05, 0.1) is 18.8 Å². The second-order valence-electron chi connectivity index (χ2n) is 15.3. The van der Waals surface area contributed by atoms with Crippen molar-refractivity contribution in [1.29, 1.82) is 0 Å². The van der Waals surface area contributed by atoms with Gasteiger partial charge in [-0.25, -0.2) is 0 Å². The average molecular weight is 994 g/mol. The second kappa shape index (κ2) is 15.3. The van der Waals surface area contributed by atoms with Gasteiger partial charge in [-0.3, -0.25) is 0 Å². The summed E-state index contributed by atoms with van der Waals surface area (Å²) in [5.74, 6) is 16.4.